The Hall–Kier alpha value is -0.610. The SMILES string of the molecule is CNC(=O)C(C)OCCCN. The predicted octanol–water partition coefficient (Wildman–Crippen LogP) is -0.514. The van der Waals surface area contributed by atoms with E-state index in [1.165, 1.54) is 0 Å². The van der Waals surface area contributed by atoms with Crippen LogP contribution >= 0.6 is 0 Å². The average molecular weight is 160 g/mol. The summed E-state index contributed by atoms with van der Waals surface area (Å²) in [6.45, 7) is 2.86. The molecule has 4 nitrogen and oxygen atoms in total. The van der Waals surface area contributed by atoms with E-state index in [0.717, 1.165) is 6.42 Å². The van der Waals surface area contributed by atoms with Crippen molar-refractivity contribution in [3.63, 3.8) is 0 Å². The molecular formula is C7H16N2O2. The number of hydrogen-bond acceptors (Lipinski definition) is 3. The second kappa shape index (κ2) is 6.12. The molecule has 4 heteroatoms. The molecule has 0 aromatic heterocycles. The summed E-state index contributed by atoms with van der Waals surface area (Å²) in [5, 5.41) is 2.50. The van der Waals surface area contributed by atoms with Gasteiger partial charge in [-0.05, 0) is 19.9 Å². The second-order valence-corrected chi connectivity index (χ2v) is 2.27. The highest BCUT2D eigenvalue weighted by Gasteiger charge is 2.09. The molecule has 0 aliphatic heterocycles. The zero-order valence-corrected chi connectivity index (χ0v) is 7.09. The number of carbonyl (C=O) groups is 1. The summed E-state index contributed by atoms with van der Waals surface area (Å²) in [7, 11) is 1.59. The van der Waals surface area contributed by atoms with E-state index in [0.29, 0.717) is 13.2 Å². The number of rotatable bonds is 5. The molecule has 0 radical (unpaired) electrons. The maximum atomic E-state index is 10.8. The van der Waals surface area contributed by atoms with Crippen molar-refractivity contribution in [1.82, 2.24) is 5.32 Å². The summed E-state index contributed by atoms with van der Waals surface area (Å²) < 4.78 is 5.14. The Morgan fingerprint density at radius 1 is 1.73 bits per heavy atom. The van der Waals surface area contributed by atoms with E-state index in [1.54, 1.807) is 14.0 Å². The van der Waals surface area contributed by atoms with Gasteiger partial charge in [0.05, 0.1) is 0 Å². The third-order valence-electron chi connectivity index (χ3n) is 1.33. The van der Waals surface area contributed by atoms with E-state index in [4.69, 9.17) is 10.5 Å². The van der Waals surface area contributed by atoms with Crippen LogP contribution < -0.4 is 11.1 Å². The van der Waals surface area contributed by atoms with E-state index in [-0.39, 0.29) is 12.0 Å². The number of hydrogen-bond donors (Lipinski definition) is 2. The molecule has 0 saturated heterocycles. The number of nitrogens with two attached hydrogens (primary N) is 1. The standard InChI is InChI=1S/C7H16N2O2/c1-6(7(10)9-2)11-5-3-4-8/h6H,3-5,8H2,1-2H3,(H,9,10). The van der Waals surface area contributed by atoms with Crippen molar-refractivity contribution in [2.24, 2.45) is 5.73 Å². The largest absolute Gasteiger partial charge is 0.369 e. The monoisotopic (exact) mass is 160 g/mol. The van der Waals surface area contributed by atoms with Crippen molar-refractivity contribution in [1.29, 1.82) is 0 Å². The Bertz CT molecular complexity index is 117. The van der Waals surface area contributed by atoms with Crippen molar-refractivity contribution in [2.75, 3.05) is 20.2 Å². The summed E-state index contributed by atoms with van der Waals surface area (Å²) in [6.07, 6.45) is 0.424. The van der Waals surface area contributed by atoms with Gasteiger partial charge in [0.25, 0.3) is 0 Å². The lowest BCUT2D eigenvalue weighted by molar-refractivity contribution is -0.131. The van der Waals surface area contributed by atoms with Gasteiger partial charge < -0.3 is 15.8 Å². The van der Waals surface area contributed by atoms with Crippen LogP contribution in [0.3, 0.4) is 0 Å². The second-order valence-electron chi connectivity index (χ2n) is 2.27. The van der Waals surface area contributed by atoms with Crippen LogP contribution in [0.15, 0.2) is 0 Å². The van der Waals surface area contributed by atoms with Gasteiger partial charge in [-0.25, -0.2) is 0 Å². The summed E-state index contributed by atoms with van der Waals surface area (Å²) in [5.74, 6) is -0.0954. The minimum Gasteiger partial charge on any atom is -0.369 e. The smallest absolute Gasteiger partial charge is 0.248 e. The van der Waals surface area contributed by atoms with Gasteiger partial charge in [0.15, 0.2) is 0 Å². The van der Waals surface area contributed by atoms with Gasteiger partial charge in [0.2, 0.25) is 5.91 Å². The van der Waals surface area contributed by atoms with Crippen LogP contribution in [-0.4, -0.2) is 32.2 Å². The third kappa shape index (κ3) is 4.75. The predicted molar refractivity (Wildman–Crippen MR) is 43.2 cm³/mol. The topological polar surface area (TPSA) is 64.3 Å². The molecule has 66 valence electrons. The lowest BCUT2D eigenvalue weighted by atomic mass is 10.4. The average Bonchev–Trinajstić information content (AvgIpc) is 2.03. The van der Waals surface area contributed by atoms with Crippen LogP contribution in [0.2, 0.25) is 0 Å². The first-order valence-electron chi connectivity index (χ1n) is 3.75. The molecule has 1 amide bonds. The van der Waals surface area contributed by atoms with Gasteiger partial charge in [-0.2, -0.15) is 0 Å². The normalized spacial score (nSPS) is 12.6. The quantitative estimate of drug-likeness (QED) is 0.532. The van der Waals surface area contributed by atoms with Crippen LogP contribution in [0.25, 0.3) is 0 Å². The molecule has 0 bridgehead atoms. The van der Waals surface area contributed by atoms with E-state index < -0.39 is 0 Å². The molecule has 3 N–H and O–H groups in total. The van der Waals surface area contributed by atoms with Crippen molar-refractivity contribution >= 4 is 5.91 Å². The van der Waals surface area contributed by atoms with Crippen LogP contribution in [0.4, 0.5) is 0 Å². The van der Waals surface area contributed by atoms with Gasteiger partial charge in [-0.3, -0.25) is 4.79 Å². The van der Waals surface area contributed by atoms with E-state index in [9.17, 15) is 4.79 Å². The highest BCUT2D eigenvalue weighted by Crippen LogP contribution is 1.90. The highest BCUT2D eigenvalue weighted by atomic mass is 16.5. The van der Waals surface area contributed by atoms with Crippen molar-refractivity contribution in [3.8, 4) is 0 Å². The molecule has 0 saturated carbocycles. The maximum Gasteiger partial charge on any atom is 0.248 e. The number of amides is 1. The molecule has 0 fully saturated rings. The van der Waals surface area contributed by atoms with Crippen LogP contribution in [0.5, 0.6) is 0 Å². The molecule has 1 unspecified atom stereocenters. The molecule has 0 aliphatic rings. The molecule has 0 heterocycles. The summed E-state index contributed by atoms with van der Waals surface area (Å²) >= 11 is 0. The number of likely N-dealkylation sites (N-methyl/N-ethyl adjacent to an activating group) is 1. The van der Waals surface area contributed by atoms with Gasteiger partial charge >= 0.3 is 0 Å². The van der Waals surface area contributed by atoms with Gasteiger partial charge in [-0.15, -0.1) is 0 Å². The van der Waals surface area contributed by atoms with Crippen LogP contribution in [0.1, 0.15) is 13.3 Å². The zero-order chi connectivity index (χ0) is 8.69. The molecule has 0 aromatic rings. The molecule has 1 atom stereocenters. The first-order chi connectivity index (χ1) is 5.22. The fourth-order valence-electron chi connectivity index (χ4n) is 0.622. The number of nitrogens with one attached hydrogen (secondary N) is 1. The molecular weight excluding hydrogens is 144 g/mol. The fourth-order valence-corrected chi connectivity index (χ4v) is 0.622. The Balaban J connectivity index is 3.36. The highest BCUT2D eigenvalue weighted by molar-refractivity contribution is 5.79. The van der Waals surface area contributed by atoms with Gasteiger partial charge in [-0.1, -0.05) is 0 Å². The van der Waals surface area contributed by atoms with Crippen LogP contribution in [0, 0.1) is 0 Å². The Kier molecular flexibility index (Phi) is 5.78. The fraction of sp³-hybridized carbons (Fsp3) is 0.857. The molecule has 11 heavy (non-hydrogen) atoms. The molecule has 0 aromatic carbocycles. The van der Waals surface area contributed by atoms with E-state index >= 15 is 0 Å². The summed E-state index contributed by atoms with van der Waals surface area (Å²) in [5.41, 5.74) is 5.24. The first kappa shape index (κ1) is 10.4. The first-order valence-corrected chi connectivity index (χ1v) is 3.75. The molecule has 0 spiro atoms. The summed E-state index contributed by atoms with van der Waals surface area (Å²) in [4.78, 5) is 10.8. The van der Waals surface area contributed by atoms with Crippen molar-refractivity contribution in [2.45, 2.75) is 19.4 Å². The third-order valence-corrected chi connectivity index (χ3v) is 1.33. The lowest BCUT2D eigenvalue weighted by Crippen LogP contribution is -2.32. The minimum absolute atomic E-state index is 0.0954. The lowest BCUT2D eigenvalue weighted by Gasteiger charge is -2.10. The molecule has 0 aliphatic carbocycles. The maximum absolute atomic E-state index is 10.8. The van der Waals surface area contributed by atoms with Crippen LogP contribution in [-0.2, 0) is 9.53 Å². The van der Waals surface area contributed by atoms with Crippen molar-refractivity contribution in [3.05, 3.63) is 0 Å². The van der Waals surface area contributed by atoms with Gasteiger partial charge in [0.1, 0.15) is 6.10 Å². The number of carbonyl (C=O) groups excluding carboxylic acids is 1. The Morgan fingerprint density at radius 2 is 2.36 bits per heavy atom. The minimum atomic E-state index is -0.369. The van der Waals surface area contributed by atoms with E-state index in [1.807, 2.05) is 0 Å². The van der Waals surface area contributed by atoms with Gasteiger partial charge in [0, 0.05) is 13.7 Å². The summed E-state index contributed by atoms with van der Waals surface area (Å²) in [6, 6.07) is 0. The Morgan fingerprint density at radius 3 is 2.82 bits per heavy atom. The van der Waals surface area contributed by atoms with Crippen molar-refractivity contribution < 1.29 is 9.53 Å². The van der Waals surface area contributed by atoms with E-state index in [2.05, 4.69) is 5.32 Å². The number of ether oxygens (including phenoxy) is 1. The molecule has 0 rings (SSSR count). The zero-order valence-electron chi connectivity index (χ0n) is 7.09. The Labute approximate surface area is 67.1 Å².